The van der Waals surface area contributed by atoms with Gasteiger partial charge in [-0.15, -0.1) is 0 Å². The number of nitrogens with zero attached hydrogens (tertiary/aromatic N) is 1. The second-order valence-electron chi connectivity index (χ2n) is 5.10. The van der Waals surface area contributed by atoms with Crippen molar-refractivity contribution in [1.29, 1.82) is 0 Å². The van der Waals surface area contributed by atoms with E-state index in [0.717, 1.165) is 12.8 Å². The van der Waals surface area contributed by atoms with Crippen LogP contribution in [0.4, 0.5) is 10.5 Å². The number of para-hydroxylation sites is 1. The third kappa shape index (κ3) is 2.86. The lowest BCUT2D eigenvalue weighted by atomic mass is 9.82. The topological polar surface area (TPSA) is 69.6 Å². The first kappa shape index (κ1) is 13.4. The summed E-state index contributed by atoms with van der Waals surface area (Å²) in [5.41, 5.74) is 0.530. The van der Waals surface area contributed by atoms with Gasteiger partial charge in [0, 0.05) is 13.1 Å². The second kappa shape index (κ2) is 5.30. The standard InChI is InChI=1S/C14H18N2O3/c1-9-7-10(8-9)15-14(19)16(2)12-6-4-3-5-11(12)13(17)18/h3-6,9-10H,7-8H2,1-2H3,(H,15,19)(H,17,18). The zero-order valence-corrected chi connectivity index (χ0v) is 11.1. The van der Waals surface area contributed by atoms with Crippen LogP contribution in [-0.2, 0) is 0 Å². The largest absolute Gasteiger partial charge is 0.478 e. The molecule has 0 atom stereocenters. The minimum Gasteiger partial charge on any atom is -0.478 e. The summed E-state index contributed by atoms with van der Waals surface area (Å²) in [6, 6.07) is 6.44. The van der Waals surface area contributed by atoms with Crippen LogP contribution in [0.5, 0.6) is 0 Å². The molecular formula is C14H18N2O3. The Bertz CT molecular complexity index is 495. The van der Waals surface area contributed by atoms with E-state index in [0.29, 0.717) is 11.6 Å². The third-order valence-corrected chi connectivity index (χ3v) is 3.50. The number of hydrogen-bond donors (Lipinski definition) is 2. The van der Waals surface area contributed by atoms with Gasteiger partial charge in [0.15, 0.2) is 0 Å². The third-order valence-electron chi connectivity index (χ3n) is 3.50. The van der Waals surface area contributed by atoms with Crippen LogP contribution in [0.1, 0.15) is 30.1 Å². The quantitative estimate of drug-likeness (QED) is 0.878. The van der Waals surface area contributed by atoms with Gasteiger partial charge in [-0.2, -0.15) is 0 Å². The highest BCUT2D eigenvalue weighted by Gasteiger charge is 2.28. The smallest absolute Gasteiger partial charge is 0.337 e. The van der Waals surface area contributed by atoms with E-state index >= 15 is 0 Å². The molecular weight excluding hydrogens is 244 g/mol. The Morgan fingerprint density at radius 2 is 1.95 bits per heavy atom. The monoisotopic (exact) mass is 262 g/mol. The molecule has 2 rings (SSSR count). The zero-order valence-electron chi connectivity index (χ0n) is 11.1. The number of nitrogens with one attached hydrogen (secondary N) is 1. The lowest BCUT2D eigenvalue weighted by molar-refractivity contribution is 0.0697. The number of hydrogen-bond acceptors (Lipinski definition) is 2. The SMILES string of the molecule is CC1CC(NC(=O)N(C)c2ccccc2C(=O)O)C1. The van der Waals surface area contributed by atoms with Gasteiger partial charge < -0.3 is 10.4 Å². The van der Waals surface area contributed by atoms with E-state index in [9.17, 15) is 9.59 Å². The highest BCUT2D eigenvalue weighted by molar-refractivity contribution is 6.01. The summed E-state index contributed by atoms with van der Waals surface area (Å²) in [5.74, 6) is -0.380. The van der Waals surface area contributed by atoms with E-state index in [4.69, 9.17) is 5.11 Å². The molecule has 0 spiro atoms. The van der Waals surface area contributed by atoms with Crippen molar-refractivity contribution in [1.82, 2.24) is 5.32 Å². The van der Waals surface area contributed by atoms with Gasteiger partial charge in [0.05, 0.1) is 11.3 Å². The molecule has 0 aliphatic heterocycles. The minimum atomic E-state index is -1.03. The van der Waals surface area contributed by atoms with Crippen molar-refractivity contribution in [3.8, 4) is 0 Å². The Balaban J connectivity index is 2.08. The van der Waals surface area contributed by atoms with Crippen LogP contribution >= 0.6 is 0 Å². The van der Waals surface area contributed by atoms with E-state index < -0.39 is 5.97 Å². The number of carboxylic acid groups (broad SMARTS) is 1. The maximum absolute atomic E-state index is 12.1. The molecule has 102 valence electrons. The summed E-state index contributed by atoms with van der Waals surface area (Å²) in [6.07, 6.45) is 1.97. The molecule has 1 aromatic carbocycles. The van der Waals surface area contributed by atoms with E-state index in [1.54, 1.807) is 25.2 Å². The van der Waals surface area contributed by atoms with Gasteiger partial charge in [0.1, 0.15) is 0 Å². The summed E-state index contributed by atoms with van der Waals surface area (Å²) in [5, 5.41) is 12.0. The van der Waals surface area contributed by atoms with Crippen LogP contribution in [0.3, 0.4) is 0 Å². The summed E-state index contributed by atoms with van der Waals surface area (Å²) in [7, 11) is 1.58. The van der Waals surface area contributed by atoms with Crippen LogP contribution in [0.15, 0.2) is 24.3 Å². The van der Waals surface area contributed by atoms with Crippen molar-refractivity contribution in [2.45, 2.75) is 25.8 Å². The summed E-state index contributed by atoms with van der Waals surface area (Å²) < 4.78 is 0. The van der Waals surface area contributed by atoms with E-state index in [1.807, 2.05) is 0 Å². The summed E-state index contributed by atoms with van der Waals surface area (Å²) in [4.78, 5) is 24.5. The molecule has 0 radical (unpaired) electrons. The van der Waals surface area contributed by atoms with Crippen molar-refractivity contribution in [3.05, 3.63) is 29.8 Å². The van der Waals surface area contributed by atoms with Crippen molar-refractivity contribution in [2.75, 3.05) is 11.9 Å². The molecule has 2 amide bonds. The number of benzene rings is 1. The first-order valence-electron chi connectivity index (χ1n) is 6.35. The van der Waals surface area contributed by atoms with Crippen LogP contribution in [0, 0.1) is 5.92 Å². The highest BCUT2D eigenvalue weighted by Crippen LogP contribution is 2.27. The number of rotatable bonds is 3. The average molecular weight is 262 g/mol. The number of anilines is 1. The van der Waals surface area contributed by atoms with Crippen LogP contribution < -0.4 is 10.2 Å². The Kier molecular flexibility index (Phi) is 3.74. The lowest BCUT2D eigenvalue weighted by Crippen LogP contribution is -2.48. The fraction of sp³-hybridized carbons (Fsp3) is 0.429. The van der Waals surface area contributed by atoms with Gasteiger partial charge >= 0.3 is 12.0 Å². The van der Waals surface area contributed by atoms with E-state index in [2.05, 4.69) is 12.2 Å². The molecule has 1 fully saturated rings. The van der Waals surface area contributed by atoms with E-state index in [-0.39, 0.29) is 17.6 Å². The predicted octanol–water partition coefficient (Wildman–Crippen LogP) is 2.33. The molecule has 2 N–H and O–H groups in total. The highest BCUT2D eigenvalue weighted by atomic mass is 16.4. The van der Waals surface area contributed by atoms with Gasteiger partial charge in [-0.25, -0.2) is 9.59 Å². The van der Waals surface area contributed by atoms with Crippen molar-refractivity contribution in [2.24, 2.45) is 5.92 Å². The van der Waals surface area contributed by atoms with Gasteiger partial charge in [0.25, 0.3) is 0 Å². The van der Waals surface area contributed by atoms with Crippen molar-refractivity contribution in [3.63, 3.8) is 0 Å². The Morgan fingerprint density at radius 3 is 2.53 bits per heavy atom. The van der Waals surface area contributed by atoms with E-state index in [1.165, 1.54) is 11.0 Å². The van der Waals surface area contributed by atoms with Crippen LogP contribution in [0.2, 0.25) is 0 Å². The minimum absolute atomic E-state index is 0.127. The second-order valence-corrected chi connectivity index (χ2v) is 5.10. The molecule has 0 bridgehead atoms. The average Bonchev–Trinajstić information content (AvgIpc) is 2.35. The zero-order chi connectivity index (χ0) is 14.0. The number of carboxylic acids is 1. The van der Waals surface area contributed by atoms with Gasteiger partial charge in [0.2, 0.25) is 0 Å². The first-order valence-corrected chi connectivity index (χ1v) is 6.35. The Hall–Kier alpha value is -2.04. The molecule has 5 heteroatoms. The van der Waals surface area contributed by atoms with Crippen molar-refractivity contribution >= 4 is 17.7 Å². The van der Waals surface area contributed by atoms with Gasteiger partial charge in [-0.1, -0.05) is 19.1 Å². The number of carbonyl (C=O) groups excluding carboxylic acids is 1. The number of carbonyl (C=O) groups is 2. The normalized spacial score (nSPS) is 21.4. The predicted molar refractivity (Wildman–Crippen MR) is 72.5 cm³/mol. The molecule has 1 aliphatic rings. The Morgan fingerprint density at radius 1 is 1.32 bits per heavy atom. The number of amides is 2. The molecule has 1 saturated carbocycles. The fourth-order valence-electron chi connectivity index (χ4n) is 2.35. The molecule has 1 aliphatic carbocycles. The van der Waals surface area contributed by atoms with Gasteiger partial charge in [-0.3, -0.25) is 4.90 Å². The maximum Gasteiger partial charge on any atom is 0.337 e. The lowest BCUT2D eigenvalue weighted by Gasteiger charge is -2.34. The number of aromatic carboxylic acids is 1. The fourth-order valence-corrected chi connectivity index (χ4v) is 2.35. The molecule has 0 aromatic heterocycles. The van der Waals surface area contributed by atoms with Crippen molar-refractivity contribution < 1.29 is 14.7 Å². The maximum atomic E-state index is 12.1. The number of urea groups is 1. The molecule has 5 nitrogen and oxygen atoms in total. The van der Waals surface area contributed by atoms with Crippen LogP contribution in [-0.4, -0.2) is 30.2 Å². The molecule has 0 saturated heterocycles. The molecule has 0 heterocycles. The van der Waals surface area contributed by atoms with Crippen LogP contribution in [0.25, 0.3) is 0 Å². The summed E-state index contributed by atoms with van der Waals surface area (Å²) >= 11 is 0. The first-order chi connectivity index (χ1) is 8.99. The van der Waals surface area contributed by atoms with Gasteiger partial charge in [-0.05, 0) is 30.9 Å². The Labute approximate surface area is 112 Å². The molecule has 1 aromatic rings. The summed E-state index contributed by atoms with van der Waals surface area (Å²) in [6.45, 7) is 2.14. The molecule has 0 unspecified atom stereocenters. The molecule has 19 heavy (non-hydrogen) atoms.